The molecule has 1 unspecified atom stereocenters. The van der Waals surface area contributed by atoms with Crippen molar-refractivity contribution in [2.45, 2.75) is 19.4 Å². The molecule has 1 aliphatic rings. The van der Waals surface area contributed by atoms with Crippen LogP contribution in [0.4, 0.5) is 5.69 Å². The lowest BCUT2D eigenvalue weighted by atomic mass is 10.1. The summed E-state index contributed by atoms with van der Waals surface area (Å²) in [5.74, 6) is 0.989. The molecule has 1 saturated heterocycles. The largest absolute Gasteiger partial charge is 0.495 e. The van der Waals surface area contributed by atoms with E-state index in [1.165, 1.54) is 0 Å². The standard InChI is InChI=1S/C21H21ClN2O3/c1-13-16-5-3-4-6-18(16)27-20(13)21(25)23-15-9-10-24(12-15)17-11-14(22)7-8-19(17)26-2/h3-8,11,15H,9-10,12H2,1-2H3,(H,23,25). The van der Waals surface area contributed by atoms with Gasteiger partial charge in [-0.05, 0) is 37.6 Å². The average Bonchev–Trinajstić information content (AvgIpc) is 3.27. The average molecular weight is 385 g/mol. The van der Waals surface area contributed by atoms with E-state index in [0.717, 1.165) is 40.9 Å². The van der Waals surface area contributed by atoms with Crippen LogP contribution in [0.2, 0.25) is 5.02 Å². The van der Waals surface area contributed by atoms with Gasteiger partial charge in [0, 0.05) is 35.1 Å². The van der Waals surface area contributed by atoms with Gasteiger partial charge in [0.25, 0.3) is 5.91 Å². The molecule has 0 aliphatic carbocycles. The van der Waals surface area contributed by atoms with E-state index in [-0.39, 0.29) is 11.9 Å². The first kappa shape index (κ1) is 17.7. The summed E-state index contributed by atoms with van der Waals surface area (Å²) in [5.41, 5.74) is 2.55. The number of anilines is 1. The zero-order chi connectivity index (χ0) is 19.0. The second kappa shape index (κ2) is 7.16. The molecule has 5 nitrogen and oxygen atoms in total. The molecule has 2 aromatic carbocycles. The smallest absolute Gasteiger partial charge is 0.287 e. The van der Waals surface area contributed by atoms with Gasteiger partial charge in [0.05, 0.1) is 12.8 Å². The Morgan fingerprint density at radius 2 is 2.11 bits per heavy atom. The maximum absolute atomic E-state index is 12.7. The summed E-state index contributed by atoms with van der Waals surface area (Å²) in [6, 6.07) is 13.3. The van der Waals surface area contributed by atoms with Crippen molar-refractivity contribution >= 4 is 34.2 Å². The molecule has 1 aromatic heterocycles. The molecule has 1 aliphatic heterocycles. The monoisotopic (exact) mass is 384 g/mol. The van der Waals surface area contributed by atoms with E-state index in [1.54, 1.807) is 7.11 Å². The van der Waals surface area contributed by atoms with Crippen LogP contribution in [0.25, 0.3) is 11.0 Å². The van der Waals surface area contributed by atoms with Crippen LogP contribution < -0.4 is 15.0 Å². The number of hydrogen-bond donors (Lipinski definition) is 1. The van der Waals surface area contributed by atoms with Crippen molar-refractivity contribution in [3.63, 3.8) is 0 Å². The van der Waals surface area contributed by atoms with E-state index >= 15 is 0 Å². The van der Waals surface area contributed by atoms with Crippen molar-refractivity contribution in [3.05, 3.63) is 58.8 Å². The van der Waals surface area contributed by atoms with Crippen molar-refractivity contribution in [2.24, 2.45) is 0 Å². The molecule has 2 heterocycles. The molecule has 0 radical (unpaired) electrons. The number of para-hydroxylation sites is 1. The number of halogens is 1. The minimum Gasteiger partial charge on any atom is -0.495 e. The van der Waals surface area contributed by atoms with Crippen LogP contribution in [-0.2, 0) is 0 Å². The molecule has 1 N–H and O–H groups in total. The van der Waals surface area contributed by atoms with Gasteiger partial charge in [-0.25, -0.2) is 0 Å². The van der Waals surface area contributed by atoms with E-state index < -0.39 is 0 Å². The zero-order valence-corrected chi connectivity index (χ0v) is 16.0. The fourth-order valence-corrected chi connectivity index (χ4v) is 3.82. The SMILES string of the molecule is COc1ccc(Cl)cc1N1CCC(NC(=O)c2oc3ccccc3c2C)C1. The molecule has 0 saturated carbocycles. The number of carbonyl (C=O) groups excluding carboxylic acids is 1. The predicted octanol–water partition coefficient (Wildman–Crippen LogP) is 4.41. The highest BCUT2D eigenvalue weighted by Crippen LogP contribution is 2.33. The fraction of sp³-hybridized carbons (Fsp3) is 0.286. The molecule has 27 heavy (non-hydrogen) atoms. The second-order valence-electron chi connectivity index (χ2n) is 6.77. The molecule has 1 fully saturated rings. The molecule has 1 atom stereocenters. The van der Waals surface area contributed by atoms with Crippen LogP contribution in [0.15, 0.2) is 46.9 Å². The topological polar surface area (TPSA) is 54.7 Å². The number of carbonyl (C=O) groups is 1. The highest BCUT2D eigenvalue weighted by molar-refractivity contribution is 6.31. The lowest BCUT2D eigenvalue weighted by Crippen LogP contribution is -2.37. The van der Waals surface area contributed by atoms with Gasteiger partial charge in [-0.1, -0.05) is 29.8 Å². The Kier molecular flexibility index (Phi) is 4.70. The minimum atomic E-state index is -0.173. The fourth-order valence-electron chi connectivity index (χ4n) is 3.65. The number of methoxy groups -OCH3 is 1. The van der Waals surface area contributed by atoms with Crippen molar-refractivity contribution in [1.82, 2.24) is 5.32 Å². The molecule has 140 valence electrons. The summed E-state index contributed by atoms with van der Waals surface area (Å²) in [7, 11) is 1.65. The minimum absolute atomic E-state index is 0.0359. The Labute approximate surface area is 162 Å². The van der Waals surface area contributed by atoms with Gasteiger partial charge in [-0.2, -0.15) is 0 Å². The third kappa shape index (κ3) is 3.35. The van der Waals surface area contributed by atoms with E-state index in [0.29, 0.717) is 17.3 Å². The highest BCUT2D eigenvalue weighted by atomic mass is 35.5. The Bertz CT molecular complexity index is 998. The first-order chi connectivity index (χ1) is 13.1. The Morgan fingerprint density at radius 3 is 2.89 bits per heavy atom. The number of ether oxygens (including phenoxy) is 1. The number of hydrogen-bond acceptors (Lipinski definition) is 4. The number of benzene rings is 2. The van der Waals surface area contributed by atoms with Gasteiger partial charge in [-0.3, -0.25) is 4.79 Å². The second-order valence-corrected chi connectivity index (χ2v) is 7.21. The summed E-state index contributed by atoms with van der Waals surface area (Å²) in [6.45, 7) is 3.43. The van der Waals surface area contributed by atoms with Gasteiger partial charge < -0.3 is 19.4 Å². The molecule has 6 heteroatoms. The Hall–Kier alpha value is -2.66. The summed E-state index contributed by atoms with van der Waals surface area (Å²) in [6.07, 6.45) is 0.848. The molecule has 0 spiro atoms. The summed E-state index contributed by atoms with van der Waals surface area (Å²) >= 11 is 6.14. The van der Waals surface area contributed by atoms with Gasteiger partial charge in [-0.15, -0.1) is 0 Å². The Morgan fingerprint density at radius 1 is 1.30 bits per heavy atom. The summed E-state index contributed by atoms with van der Waals surface area (Å²) in [5, 5.41) is 4.74. The third-order valence-corrected chi connectivity index (χ3v) is 5.29. The molecule has 1 amide bonds. The third-order valence-electron chi connectivity index (χ3n) is 5.05. The van der Waals surface area contributed by atoms with Crippen LogP contribution in [0, 0.1) is 6.92 Å². The van der Waals surface area contributed by atoms with Gasteiger partial charge in [0.15, 0.2) is 5.76 Å². The summed E-state index contributed by atoms with van der Waals surface area (Å²) < 4.78 is 11.2. The summed E-state index contributed by atoms with van der Waals surface area (Å²) in [4.78, 5) is 14.9. The Balaban J connectivity index is 1.49. The van der Waals surface area contributed by atoms with E-state index in [9.17, 15) is 4.79 Å². The highest BCUT2D eigenvalue weighted by Gasteiger charge is 2.28. The van der Waals surface area contributed by atoms with Crippen molar-refractivity contribution < 1.29 is 13.9 Å². The van der Waals surface area contributed by atoms with Crippen LogP contribution in [0.5, 0.6) is 5.75 Å². The number of nitrogens with zero attached hydrogens (tertiary/aromatic N) is 1. The van der Waals surface area contributed by atoms with Crippen LogP contribution in [0.1, 0.15) is 22.5 Å². The van der Waals surface area contributed by atoms with E-state index in [2.05, 4.69) is 10.2 Å². The van der Waals surface area contributed by atoms with E-state index in [4.69, 9.17) is 20.8 Å². The number of furan rings is 1. The lowest BCUT2D eigenvalue weighted by molar-refractivity contribution is 0.0913. The number of rotatable bonds is 4. The maximum Gasteiger partial charge on any atom is 0.287 e. The van der Waals surface area contributed by atoms with Gasteiger partial charge in [0.1, 0.15) is 11.3 Å². The normalized spacial score (nSPS) is 16.7. The molecule has 0 bridgehead atoms. The molecular formula is C21H21ClN2O3. The zero-order valence-electron chi connectivity index (χ0n) is 15.3. The predicted molar refractivity (Wildman–Crippen MR) is 107 cm³/mol. The van der Waals surface area contributed by atoms with Crippen LogP contribution in [-0.4, -0.2) is 32.1 Å². The molecule has 4 rings (SSSR count). The number of fused-ring (bicyclic) bond motifs is 1. The number of amides is 1. The van der Waals surface area contributed by atoms with E-state index in [1.807, 2.05) is 49.4 Å². The number of aryl methyl sites for hydroxylation is 1. The molecular weight excluding hydrogens is 364 g/mol. The first-order valence-electron chi connectivity index (χ1n) is 8.94. The quantitative estimate of drug-likeness (QED) is 0.723. The molecule has 3 aromatic rings. The lowest BCUT2D eigenvalue weighted by Gasteiger charge is -2.21. The van der Waals surface area contributed by atoms with Crippen LogP contribution in [0.3, 0.4) is 0 Å². The van der Waals surface area contributed by atoms with Gasteiger partial charge in [0.2, 0.25) is 0 Å². The van der Waals surface area contributed by atoms with Crippen molar-refractivity contribution in [1.29, 1.82) is 0 Å². The first-order valence-corrected chi connectivity index (χ1v) is 9.32. The van der Waals surface area contributed by atoms with Crippen molar-refractivity contribution in [3.8, 4) is 5.75 Å². The number of nitrogens with one attached hydrogen (secondary N) is 1. The van der Waals surface area contributed by atoms with Crippen LogP contribution >= 0.6 is 11.6 Å². The van der Waals surface area contributed by atoms with Crippen molar-refractivity contribution in [2.75, 3.05) is 25.1 Å². The van der Waals surface area contributed by atoms with Gasteiger partial charge >= 0.3 is 0 Å². The maximum atomic E-state index is 12.7.